The van der Waals surface area contributed by atoms with E-state index in [2.05, 4.69) is 25.1 Å². The van der Waals surface area contributed by atoms with Crippen molar-refractivity contribution in [3.8, 4) is 0 Å². The molecule has 0 unspecified atom stereocenters. The Hall–Kier alpha value is -1.31. The number of aryl methyl sites for hydroxylation is 1. The van der Waals surface area contributed by atoms with E-state index in [1.54, 1.807) is 0 Å². The summed E-state index contributed by atoms with van der Waals surface area (Å²) in [4.78, 5) is 11.5. The summed E-state index contributed by atoms with van der Waals surface area (Å²) in [5.74, 6) is 0.458. The lowest BCUT2D eigenvalue weighted by atomic mass is 10.1. The van der Waals surface area contributed by atoms with Crippen LogP contribution >= 0.6 is 0 Å². The third-order valence-electron chi connectivity index (χ3n) is 2.85. The van der Waals surface area contributed by atoms with E-state index in [9.17, 15) is 4.79 Å². The molecule has 0 aliphatic heterocycles. The molecule has 0 saturated heterocycles. The van der Waals surface area contributed by atoms with Gasteiger partial charge in [-0.1, -0.05) is 29.8 Å². The van der Waals surface area contributed by atoms with E-state index >= 15 is 0 Å². The number of esters is 1. The highest BCUT2D eigenvalue weighted by atomic mass is 16.5. The van der Waals surface area contributed by atoms with Crippen LogP contribution in [-0.4, -0.2) is 12.6 Å². The van der Waals surface area contributed by atoms with Crippen molar-refractivity contribution in [2.24, 2.45) is 5.92 Å². The van der Waals surface area contributed by atoms with Crippen molar-refractivity contribution in [2.75, 3.05) is 6.61 Å². The Morgan fingerprint density at radius 1 is 1.53 bits per heavy atom. The number of hydrogen-bond acceptors (Lipinski definition) is 2. The summed E-state index contributed by atoms with van der Waals surface area (Å²) in [6.45, 7) is 4.41. The summed E-state index contributed by atoms with van der Waals surface area (Å²) in [5.41, 5.74) is 2.52. The Bertz CT molecular complexity index is 371. The van der Waals surface area contributed by atoms with Gasteiger partial charge in [0.1, 0.15) is 0 Å². The molecule has 2 nitrogen and oxygen atoms in total. The average molecular weight is 204 g/mol. The molecular formula is C13H16O2. The molecule has 1 aromatic carbocycles. The molecule has 1 aliphatic carbocycles. The van der Waals surface area contributed by atoms with Gasteiger partial charge in [0.2, 0.25) is 0 Å². The molecule has 0 heterocycles. The highest BCUT2D eigenvalue weighted by Gasteiger charge is 2.44. The molecule has 2 atom stereocenters. The van der Waals surface area contributed by atoms with Gasteiger partial charge < -0.3 is 4.74 Å². The maximum absolute atomic E-state index is 11.5. The standard InChI is InChI=1S/C13H16O2/c1-3-15-13(14)12-8-11(12)10-6-4-5-9(2)7-10/h4-7,11-12H,3,8H2,1-2H3/t11-,12+/m1/s1. The van der Waals surface area contributed by atoms with Crippen molar-refractivity contribution in [1.82, 2.24) is 0 Å². The van der Waals surface area contributed by atoms with E-state index in [0.29, 0.717) is 12.5 Å². The van der Waals surface area contributed by atoms with Crippen molar-refractivity contribution in [3.63, 3.8) is 0 Å². The van der Waals surface area contributed by atoms with E-state index in [4.69, 9.17) is 4.74 Å². The number of benzene rings is 1. The SMILES string of the molecule is CCOC(=O)[C@H]1C[C@@H]1c1cccc(C)c1. The van der Waals surface area contributed by atoms with Gasteiger partial charge in [-0.05, 0) is 31.7 Å². The first-order valence-corrected chi connectivity index (χ1v) is 5.45. The average Bonchev–Trinajstić information content (AvgIpc) is 2.97. The molecule has 0 bridgehead atoms. The van der Waals surface area contributed by atoms with Gasteiger partial charge >= 0.3 is 5.97 Å². The maximum Gasteiger partial charge on any atom is 0.309 e. The van der Waals surface area contributed by atoms with Gasteiger partial charge in [0.15, 0.2) is 0 Å². The minimum absolute atomic E-state index is 0.0380. The van der Waals surface area contributed by atoms with Crippen molar-refractivity contribution >= 4 is 5.97 Å². The van der Waals surface area contributed by atoms with Crippen LogP contribution in [0.15, 0.2) is 24.3 Å². The fraction of sp³-hybridized carbons (Fsp3) is 0.462. The molecule has 80 valence electrons. The molecule has 2 heteroatoms. The van der Waals surface area contributed by atoms with Gasteiger partial charge in [-0.2, -0.15) is 0 Å². The molecule has 2 rings (SSSR count). The van der Waals surface area contributed by atoms with Crippen LogP contribution in [0, 0.1) is 12.8 Å². The number of hydrogen-bond donors (Lipinski definition) is 0. The third-order valence-corrected chi connectivity index (χ3v) is 2.85. The van der Waals surface area contributed by atoms with Crippen molar-refractivity contribution < 1.29 is 9.53 Å². The van der Waals surface area contributed by atoms with Crippen LogP contribution in [0.2, 0.25) is 0 Å². The van der Waals surface area contributed by atoms with E-state index in [1.807, 2.05) is 13.0 Å². The molecule has 0 N–H and O–H groups in total. The van der Waals surface area contributed by atoms with Gasteiger partial charge in [-0.15, -0.1) is 0 Å². The summed E-state index contributed by atoms with van der Waals surface area (Å²) < 4.78 is 5.01. The van der Waals surface area contributed by atoms with E-state index in [-0.39, 0.29) is 11.9 Å². The normalized spacial score (nSPS) is 23.6. The highest BCUT2D eigenvalue weighted by Crippen LogP contribution is 2.48. The quantitative estimate of drug-likeness (QED) is 0.707. The monoisotopic (exact) mass is 204 g/mol. The predicted octanol–water partition coefficient (Wildman–Crippen LogP) is 2.66. The molecule has 0 aromatic heterocycles. The van der Waals surface area contributed by atoms with E-state index in [1.165, 1.54) is 11.1 Å². The largest absolute Gasteiger partial charge is 0.466 e. The first-order chi connectivity index (χ1) is 7.22. The number of carbonyl (C=O) groups excluding carboxylic acids is 1. The minimum Gasteiger partial charge on any atom is -0.466 e. The Morgan fingerprint density at radius 3 is 3.00 bits per heavy atom. The van der Waals surface area contributed by atoms with E-state index < -0.39 is 0 Å². The summed E-state index contributed by atoms with van der Waals surface area (Å²) in [7, 11) is 0. The topological polar surface area (TPSA) is 26.3 Å². The Labute approximate surface area is 90.3 Å². The minimum atomic E-state index is -0.0380. The lowest BCUT2D eigenvalue weighted by Gasteiger charge is -2.02. The van der Waals surface area contributed by atoms with Crippen molar-refractivity contribution in [3.05, 3.63) is 35.4 Å². The lowest BCUT2D eigenvalue weighted by molar-refractivity contribution is -0.144. The van der Waals surface area contributed by atoms with Crippen LogP contribution in [-0.2, 0) is 9.53 Å². The molecule has 0 spiro atoms. The molecule has 0 amide bonds. The third kappa shape index (κ3) is 2.20. The van der Waals surface area contributed by atoms with Gasteiger partial charge in [-0.25, -0.2) is 0 Å². The van der Waals surface area contributed by atoms with Crippen LogP contribution in [0.1, 0.15) is 30.4 Å². The molecular weight excluding hydrogens is 188 g/mol. The fourth-order valence-electron chi connectivity index (χ4n) is 1.97. The van der Waals surface area contributed by atoms with Crippen molar-refractivity contribution in [1.29, 1.82) is 0 Å². The van der Waals surface area contributed by atoms with Crippen LogP contribution < -0.4 is 0 Å². The van der Waals surface area contributed by atoms with Crippen LogP contribution in [0.4, 0.5) is 0 Å². The summed E-state index contributed by atoms with van der Waals surface area (Å²) in [6.07, 6.45) is 0.947. The van der Waals surface area contributed by atoms with Crippen LogP contribution in [0.3, 0.4) is 0 Å². The second-order valence-electron chi connectivity index (χ2n) is 4.11. The molecule has 1 aromatic rings. The lowest BCUT2D eigenvalue weighted by Crippen LogP contribution is -2.07. The first kappa shape index (κ1) is 10.2. The maximum atomic E-state index is 11.5. The van der Waals surface area contributed by atoms with Crippen LogP contribution in [0.5, 0.6) is 0 Å². The van der Waals surface area contributed by atoms with Crippen LogP contribution in [0.25, 0.3) is 0 Å². The van der Waals surface area contributed by atoms with Gasteiger partial charge in [0, 0.05) is 0 Å². The van der Waals surface area contributed by atoms with Crippen molar-refractivity contribution in [2.45, 2.75) is 26.2 Å². The predicted molar refractivity (Wildman–Crippen MR) is 58.7 cm³/mol. The highest BCUT2D eigenvalue weighted by molar-refractivity contribution is 5.77. The first-order valence-electron chi connectivity index (χ1n) is 5.45. The smallest absolute Gasteiger partial charge is 0.309 e. The molecule has 15 heavy (non-hydrogen) atoms. The zero-order valence-corrected chi connectivity index (χ0v) is 9.19. The van der Waals surface area contributed by atoms with Gasteiger partial charge in [0.05, 0.1) is 12.5 Å². The molecule has 0 radical (unpaired) electrons. The molecule has 1 aliphatic rings. The second-order valence-corrected chi connectivity index (χ2v) is 4.11. The fourth-order valence-corrected chi connectivity index (χ4v) is 1.97. The Kier molecular flexibility index (Phi) is 2.76. The molecule has 1 fully saturated rings. The Balaban J connectivity index is 2.01. The summed E-state index contributed by atoms with van der Waals surface area (Å²) in [6, 6.07) is 8.37. The zero-order chi connectivity index (χ0) is 10.8. The molecule has 1 saturated carbocycles. The zero-order valence-electron chi connectivity index (χ0n) is 9.19. The Morgan fingerprint density at radius 2 is 2.33 bits per heavy atom. The van der Waals surface area contributed by atoms with Gasteiger partial charge in [0.25, 0.3) is 0 Å². The van der Waals surface area contributed by atoms with Gasteiger partial charge in [-0.3, -0.25) is 4.79 Å². The van der Waals surface area contributed by atoms with E-state index in [0.717, 1.165) is 6.42 Å². The number of carbonyl (C=O) groups is 1. The number of rotatable bonds is 3. The number of ether oxygens (including phenoxy) is 1. The second kappa shape index (κ2) is 4.05. The summed E-state index contributed by atoms with van der Waals surface area (Å²) in [5, 5.41) is 0. The summed E-state index contributed by atoms with van der Waals surface area (Å²) >= 11 is 0.